The summed E-state index contributed by atoms with van der Waals surface area (Å²) in [5.41, 5.74) is 5.94. The highest BCUT2D eigenvalue weighted by Gasteiger charge is 2.42. The highest BCUT2D eigenvalue weighted by atomic mass is 15.0. The second-order valence-corrected chi connectivity index (χ2v) is 5.64. The number of nitrogens with two attached hydrogens (primary N) is 1. The van der Waals surface area contributed by atoms with E-state index in [-0.39, 0.29) is 0 Å². The van der Waals surface area contributed by atoms with Crippen molar-refractivity contribution >= 4 is 0 Å². The smallest absolute Gasteiger partial charge is 0.0126 e. The van der Waals surface area contributed by atoms with Gasteiger partial charge in [0.1, 0.15) is 0 Å². The molecule has 0 aliphatic heterocycles. The highest BCUT2D eigenvalue weighted by molar-refractivity contribution is 4.98. The summed E-state index contributed by atoms with van der Waals surface area (Å²) in [6, 6.07) is 2.09. The van der Waals surface area contributed by atoms with Crippen LogP contribution in [0.5, 0.6) is 0 Å². The van der Waals surface area contributed by atoms with Crippen molar-refractivity contribution in [2.45, 2.75) is 63.1 Å². The van der Waals surface area contributed by atoms with Crippen molar-refractivity contribution in [2.75, 3.05) is 0 Å². The van der Waals surface area contributed by atoms with Crippen LogP contribution in [0.4, 0.5) is 0 Å². The molecule has 3 N–H and O–H groups in total. The molecule has 0 bridgehead atoms. The average Bonchev–Trinajstić information content (AvgIpc) is 3.04. The Morgan fingerprint density at radius 1 is 0.929 bits per heavy atom. The van der Waals surface area contributed by atoms with Gasteiger partial charge in [-0.15, -0.1) is 0 Å². The van der Waals surface area contributed by atoms with E-state index in [0.29, 0.717) is 6.04 Å². The summed E-state index contributed by atoms with van der Waals surface area (Å²) in [6.07, 6.45) is 9.69. The Bertz CT molecular complexity index is 196. The first-order valence-electron chi connectivity index (χ1n) is 6.34. The Balaban J connectivity index is 1.53. The van der Waals surface area contributed by atoms with Crippen LogP contribution >= 0.6 is 0 Å². The normalized spacial score (nSPS) is 38.1. The van der Waals surface area contributed by atoms with Crippen LogP contribution < -0.4 is 11.1 Å². The predicted molar refractivity (Wildman–Crippen MR) is 58.0 cm³/mol. The lowest BCUT2D eigenvalue weighted by Gasteiger charge is -2.22. The molecule has 2 atom stereocenters. The third-order valence-corrected chi connectivity index (χ3v) is 4.16. The van der Waals surface area contributed by atoms with E-state index in [1.54, 1.807) is 0 Å². The predicted octanol–water partition coefficient (Wildman–Crippen LogP) is 1.64. The maximum atomic E-state index is 5.94. The van der Waals surface area contributed by atoms with E-state index in [0.717, 1.165) is 23.9 Å². The van der Waals surface area contributed by atoms with Crippen molar-refractivity contribution in [3.63, 3.8) is 0 Å². The fourth-order valence-electron chi connectivity index (χ4n) is 3.01. The lowest BCUT2D eigenvalue weighted by Crippen LogP contribution is -2.40. The standard InChI is InChI=1S/C12H22N2/c13-10-5-6-11(7-10)14-12(8-1-2-8)9-3-4-9/h8-12,14H,1-7,13H2. The van der Waals surface area contributed by atoms with E-state index < -0.39 is 0 Å². The summed E-state index contributed by atoms with van der Waals surface area (Å²) in [6.45, 7) is 0. The van der Waals surface area contributed by atoms with Crippen LogP contribution in [0.2, 0.25) is 0 Å². The Labute approximate surface area is 86.6 Å². The van der Waals surface area contributed by atoms with Gasteiger partial charge in [0.25, 0.3) is 0 Å². The van der Waals surface area contributed by atoms with Gasteiger partial charge >= 0.3 is 0 Å². The average molecular weight is 194 g/mol. The molecule has 3 fully saturated rings. The van der Waals surface area contributed by atoms with Crippen LogP contribution in [0, 0.1) is 11.8 Å². The zero-order chi connectivity index (χ0) is 9.54. The fourth-order valence-corrected chi connectivity index (χ4v) is 3.01. The van der Waals surface area contributed by atoms with Crippen molar-refractivity contribution in [1.82, 2.24) is 5.32 Å². The van der Waals surface area contributed by atoms with Crippen LogP contribution in [0.1, 0.15) is 44.9 Å². The molecule has 3 rings (SSSR count). The molecule has 3 aliphatic carbocycles. The van der Waals surface area contributed by atoms with Gasteiger partial charge in [0.15, 0.2) is 0 Å². The number of hydrogen-bond donors (Lipinski definition) is 2. The molecular weight excluding hydrogens is 172 g/mol. The van der Waals surface area contributed by atoms with Gasteiger partial charge in [0, 0.05) is 18.1 Å². The Morgan fingerprint density at radius 3 is 2.00 bits per heavy atom. The second-order valence-electron chi connectivity index (χ2n) is 5.64. The van der Waals surface area contributed by atoms with Crippen LogP contribution in [0.3, 0.4) is 0 Å². The summed E-state index contributed by atoms with van der Waals surface area (Å²) in [5.74, 6) is 2.05. The van der Waals surface area contributed by atoms with Gasteiger partial charge in [0.2, 0.25) is 0 Å². The van der Waals surface area contributed by atoms with E-state index in [1.807, 2.05) is 0 Å². The maximum Gasteiger partial charge on any atom is 0.0126 e. The lowest BCUT2D eigenvalue weighted by molar-refractivity contribution is 0.361. The van der Waals surface area contributed by atoms with Crippen molar-refractivity contribution in [3.05, 3.63) is 0 Å². The largest absolute Gasteiger partial charge is 0.328 e. The summed E-state index contributed by atoms with van der Waals surface area (Å²) < 4.78 is 0. The molecule has 3 saturated carbocycles. The van der Waals surface area contributed by atoms with Gasteiger partial charge in [-0.2, -0.15) is 0 Å². The molecular formula is C12H22N2. The van der Waals surface area contributed by atoms with Crippen LogP contribution in [-0.4, -0.2) is 18.1 Å². The minimum absolute atomic E-state index is 0.478. The number of rotatable bonds is 4. The fraction of sp³-hybridized carbons (Fsp3) is 1.00. The third-order valence-electron chi connectivity index (χ3n) is 4.16. The number of hydrogen-bond acceptors (Lipinski definition) is 2. The third kappa shape index (κ3) is 1.96. The van der Waals surface area contributed by atoms with Crippen LogP contribution in [0.25, 0.3) is 0 Å². The Kier molecular flexibility index (Phi) is 2.29. The maximum absolute atomic E-state index is 5.94. The second kappa shape index (κ2) is 3.49. The van der Waals surface area contributed by atoms with Gasteiger partial charge in [0.05, 0.1) is 0 Å². The molecule has 0 radical (unpaired) electrons. The topological polar surface area (TPSA) is 38.0 Å². The summed E-state index contributed by atoms with van der Waals surface area (Å²) in [5, 5.41) is 3.89. The first-order chi connectivity index (χ1) is 6.83. The van der Waals surface area contributed by atoms with Gasteiger partial charge in [-0.05, 0) is 56.8 Å². The zero-order valence-corrected chi connectivity index (χ0v) is 8.91. The molecule has 14 heavy (non-hydrogen) atoms. The first kappa shape index (κ1) is 9.17. The van der Waals surface area contributed by atoms with Gasteiger partial charge in [-0.3, -0.25) is 0 Å². The monoisotopic (exact) mass is 194 g/mol. The van der Waals surface area contributed by atoms with E-state index >= 15 is 0 Å². The van der Waals surface area contributed by atoms with Gasteiger partial charge in [-0.1, -0.05) is 0 Å². The van der Waals surface area contributed by atoms with Crippen molar-refractivity contribution in [1.29, 1.82) is 0 Å². The van der Waals surface area contributed by atoms with Crippen molar-refractivity contribution < 1.29 is 0 Å². The molecule has 0 amide bonds. The minimum atomic E-state index is 0.478. The molecule has 0 heterocycles. The SMILES string of the molecule is NC1CCC(NC(C2CC2)C2CC2)C1. The van der Waals surface area contributed by atoms with Crippen LogP contribution in [-0.2, 0) is 0 Å². The Morgan fingerprint density at radius 2 is 1.57 bits per heavy atom. The van der Waals surface area contributed by atoms with Gasteiger partial charge < -0.3 is 11.1 Å². The first-order valence-corrected chi connectivity index (χ1v) is 6.34. The van der Waals surface area contributed by atoms with Crippen LogP contribution in [0.15, 0.2) is 0 Å². The van der Waals surface area contributed by atoms with Gasteiger partial charge in [-0.25, -0.2) is 0 Å². The molecule has 80 valence electrons. The van der Waals surface area contributed by atoms with E-state index in [2.05, 4.69) is 5.32 Å². The molecule has 2 unspecified atom stereocenters. The quantitative estimate of drug-likeness (QED) is 0.714. The molecule has 0 aromatic heterocycles. The molecule has 3 aliphatic rings. The number of nitrogens with one attached hydrogen (secondary N) is 1. The van der Waals surface area contributed by atoms with E-state index in [9.17, 15) is 0 Å². The molecule has 0 aromatic rings. The summed E-state index contributed by atoms with van der Waals surface area (Å²) >= 11 is 0. The lowest BCUT2D eigenvalue weighted by atomic mass is 10.1. The summed E-state index contributed by atoms with van der Waals surface area (Å²) in [4.78, 5) is 0. The van der Waals surface area contributed by atoms with Crippen molar-refractivity contribution in [3.8, 4) is 0 Å². The summed E-state index contributed by atoms with van der Waals surface area (Å²) in [7, 11) is 0. The minimum Gasteiger partial charge on any atom is -0.328 e. The molecule has 0 aromatic carbocycles. The van der Waals surface area contributed by atoms with E-state index in [4.69, 9.17) is 5.73 Å². The Hall–Kier alpha value is -0.0800. The molecule has 2 nitrogen and oxygen atoms in total. The molecule has 0 spiro atoms. The molecule has 0 saturated heterocycles. The zero-order valence-electron chi connectivity index (χ0n) is 8.91. The van der Waals surface area contributed by atoms with Crippen molar-refractivity contribution in [2.24, 2.45) is 17.6 Å². The van der Waals surface area contributed by atoms with E-state index in [1.165, 1.54) is 44.9 Å². The highest BCUT2D eigenvalue weighted by Crippen LogP contribution is 2.45. The molecule has 2 heteroatoms.